The first-order valence-corrected chi connectivity index (χ1v) is 10.7. The van der Waals surface area contributed by atoms with Crippen molar-refractivity contribution < 1.29 is 23.6 Å². The van der Waals surface area contributed by atoms with Gasteiger partial charge < -0.3 is 14.0 Å². The second kappa shape index (κ2) is 9.92. The Bertz CT molecular complexity index is 1300. The molecule has 0 radical (unpaired) electrons. The zero-order valence-electron chi connectivity index (χ0n) is 17.8. The normalized spacial score (nSPS) is 10.8. The summed E-state index contributed by atoms with van der Waals surface area (Å²) < 4.78 is 16.0. The Kier molecular flexibility index (Phi) is 6.61. The van der Waals surface area contributed by atoms with Gasteiger partial charge in [-0.15, -0.1) is 11.3 Å². The summed E-state index contributed by atoms with van der Waals surface area (Å²) in [4.78, 5) is 25.4. The molecular formula is C24H19N3O5S. The Morgan fingerprint density at radius 3 is 2.64 bits per heavy atom. The summed E-state index contributed by atoms with van der Waals surface area (Å²) >= 11 is 1.29. The lowest BCUT2D eigenvalue weighted by molar-refractivity contribution is 0.0734. The van der Waals surface area contributed by atoms with Crippen LogP contribution in [0.15, 0.2) is 75.7 Å². The van der Waals surface area contributed by atoms with Gasteiger partial charge in [0, 0.05) is 5.56 Å². The fourth-order valence-corrected chi connectivity index (χ4v) is 3.65. The fourth-order valence-electron chi connectivity index (χ4n) is 3.05. The van der Waals surface area contributed by atoms with E-state index in [1.165, 1.54) is 24.7 Å². The molecule has 1 amide bonds. The molecule has 0 saturated heterocycles. The SMILES string of the molecule is COc1cc(/C=N\NC(=O)c2c(-c3ccccc3)noc2C)ccc1OC(=O)c1cccs1. The highest BCUT2D eigenvalue weighted by molar-refractivity contribution is 7.12. The van der Waals surface area contributed by atoms with Gasteiger partial charge in [0.2, 0.25) is 0 Å². The van der Waals surface area contributed by atoms with Crippen LogP contribution in [0.4, 0.5) is 0 Å². The average molecular weight is 461 g/mol. The molecule has 2 heterocycles. The Balaban J connectivity index is 1.46. The quantitative estimate of drug-likeness (QED) is 0.185. The van der Waals surface area contributed by atoms with Crippen molar-refractivity contribution in [1.29, 1.82) is 0 Å². The van der Waals surface area contributed by atoms with E-state index in [1.54, 1.807) is 42.6 Å². The molecule has 4 aromatic rings. The van der Waals surface area contributed by atoms with Crippen LogP contribution in [0.2, 0.25) is 0 Å². The van der Waals surface area contributed by atoms with Gasteiger partial charge in [-0.05, 0) is 42.1 Å². The standard InChI is InChI=1S/C24H19N3O5S/c1-15-21(22(27-32-15)17-7-4-3-5-8-17)23(28)26-25-14-16-10-11-18(19(13-16)30-2)31-24(29)20-9-6-12-33-20/h3-14H,1-2H3,(H,26,28)/b25-14-. The summed E-state index contributed by atoms with van der Waals surface area (Å²) in [6.07, 6.45) is 1.45. The zero-order chi connectivity index (χ0) is 23.2. The predicted molar refractivity (Wildman–Crippen MR) is 124 cm³/mol. The van der Waals surface area contributed by atoms with E-state index in [0.717, 1.165) is 5.56 Å². The molecule has 9 heteroatoms. The first-order chi connectivity index (χ1) is 16.1. The number of thiophene rings is 1. The van der Waals surface area contributed by atoms with Crippen molar-refractivity contribution in [2.24, 2.45) is 5.10 Å². The van der Waals surface area contributed by atoms with Crippen LogP contribution in [0, 0.1) is 6.92 Å². The molecule has 33 heavy (non-hydrogen) atoms. The number of hydrazone groups is 1. The molecule has 0 aliphatic rings. The summed E-state index contributed by atoms with van der Waals surface area (Å²) in [5, 5.41) is 9.82. The van der Waals surface area contributed by atoms with Gasteiger partial charge in [-0.2, -0.15) is 5.10 Å². The van der Waals surface area contributed by atoms with Crippen molar-refractivity contribution in [3.8, 4) is 22.8 Å². The summed E-state index contributed by atoms with van der Waals surface area (Å²) in [5.74, 6) is 0.119. The number of nitrogens with one attached hydrogen (secondary N) is 1. The summed E-state index contributed by atoms with van der Waals surface area (Å²) in [6, 6.07) is 17.7. The molecule has 1 N–H and O–H groups in total. The summed E-state index contributed by atoms with van der Waals surface area (Å²) in [6.45, 7) is 1.67. The van der Waals surface area contributed by atoms with E-state index < -0.39 is 11.9 Å². The number of carbonyl (C=O) groups is 2. The van der Waals surface area contributed by atoms with Crippen LogP contribution in [0.1, 0.15) is 31.4 Å². The number of aromatic nitrogens is 1. The maximum absolute atomic E-state index is 12.7. The van der Waals surface area contributed by atoms with Gasteiger partial charge in [0.05, 0.1) is 13.3 Å². The minimum Gasteiger partial charge on any atom is -0.493 e. The highest BCUT2D eigenvalue weighted by Crippen LogP contribution is 2.29. The van der Waals surface area contributed by atoms with Gasteiger partial charge in [0.25, 0.3) is 5.91 Å². The van der Waals surface area contributed by atoms with E-state index in [2.05, 4.69) is 15.7 Å². The van der Waals surface area contributed by atoms with Crippen LogP contribution in [-0.4, -0.2) is 30.4 Å². The van der Waals surface area contributed by atoms with Gasteiger partial charge in [-0.3, -0.25) is 4.79 Å². The van der Waals surface area contributed by atoms with Crippen molar-refractivity contribution in [1.82, 2.24) is 10.6 Å². The minimum absolute atomic E-state index is 0.282. The molecule has 0 aliphatic heterocycles. The van der Waals surface area contributed by atoms with Gasteiger partial charge in [0.1, 0.15) is 21.9 Å². The van der Waals surface area contributed by atoms with Crippen LogP contribution in [-0.2, 0) is 0 Å². The van der Waals surface area contributed by atoms with Crippen molar-refractivity contribution >= 4 is 29.4 Å². The molecule has 0 saturated carbocycles. The molecule has 0 spiro atoms. The number of amides is 1. The number of rotatable bonds is 7. The van der Waals surface area contributed by atoms with Crippen LogP contribution in [0.3, 0.4) is 0 Å². The zero-order valence-corrected chi connectivity index (χ0v) is 18.6. The largest absolute Gasteiger partial charge is 0.493 e. The van der Waals surface area contributed by atoms with E-state index in [1.807, 2.05) is 30.3 Å². The van der Waals surface area contributed by atoms with E-state index in [0.29, 0.717) is 33.2 Å². The fraction of sp³-hybridized carbons (Fsp3) is 0.0833. The molecule has 2 aromatic heterocycles. The molecule has 0 atom stereocenters. The van der Waals surface area contributed by atoms with E-state index in [4.69, 9.17) is 14.0 Å². The minimum atomic E-state index is -0.463. The van der Waals surface area contributed by atoms with E-state index in [-0.39, 0.29) is 5.75 Å². The summed E-state index contributed by atoms with van der Waals surface area (Å²) in [5.41, 5.74) is 4.65. The molecule has 0 bridgehead atoms. The highest BCUT2D eigenvalue weighted by atomic mass is 32.1. The van der Waals surface area contributed by atoms with E-state index in [9.17, 15) is 9.59 Å². The number of hydrogen-bond acceptors (Lipinski definition) is 8. The van der Waals surface area contributed by atoms with Gasteiger partial charge in [0.15, 0.2) is 11.5 Å². The number of nitrogens with zero attached hydrogens (tertiary/aromatic N) is 2. The predicted octanol–water partition coefficient (Wildman–Crippen LogP) is 4.70. The number of aryl methyl sites for hydroxylation is 1. The van der Waals surface area contributed by atoms with E-state index >= 15 is 0 Å². The Morgan fingerprint density at radius 2 is 1.91 bits per heavy atom. The number of benzene rings is 2. The lowest BCUT2D eigenvalue weighted by atomic mass is 10.1. The lowest BCUT2D eigenvalue weighted by Gasteiger charge is -2.09. The van der Waals surface area contributed by atoms with Crippen LogP contribution in [0.25, 0.3) is 11.3 Å². The van der Waals surface area contributed by atoms with Gasteiger partial charge in [-0.25, -0.2) is 10.2 Å². The second-order valence-corrected chi connectivity index (χ2v) is 7.75. The molecule has 166 valence electrons. The second-order valence-electron chi connectivity index (χ2n) is 6.80. The number of esters is 1. The first kappa shape index (κ1) is 22.0. The third-order valence-corrected chi connectivity index (χ3v) is 5.48. The Labute approximate surface area is 193 Å². The van der Waals surface area contributed by atoms with Crippen LogP contribution < -0.4 is 14.9 Å². The van der Waals surface area contributed by atoms with Crippen molar-refractivity contribution in [2.45, 2.75) is 6.92 Å². The molecule has 0 aliphatic carbocycles. The van der Waals surface area contributed by atoms with Crippen LogP contribution >= 0.6 is 11.3 Å². The lowest BCUT2D eigenvalue weighted by Crippen LogP contribution is -2.18. The van der Waals surface area contributed by atoms with Crippen molar-refractivity contribution in [3.05, 3.63) is 87.8 Å². The highest BCUT2D eigenvalue weighted by Gasteiger charge is 2.21. The third kappa shape index (κ3) is 4.99. The molecule has 2 aromatic carbocycles. The molecule has 0 fully saturated rings. The van der Waals surface area contributed by atoms with Crippen LogP contribution in [0.5, 0.6) is 11.5 Å². The molecule has 4 rings (SSSR count). The molecule has 0 unspecified atom stereocenters. The van der Waals surface area contributed by atoms with Gasteiger partial charge >= 0.3 is 5.97 Å². The smallest absolute Gasteiger partial charge is 0.353 e. The molecular weight excluding hydrogens is 442 g/mol. The maximum Gasteiger partial charge on any atom is 0.353 e. The first-order valence-electron chi connectivity index (χ1n) is 9.85. The number of hydrogen-bond donors (Lipinski definition) is 1. The monoisotopic (exact) mass is 461 g/mol. The van der Waals surface area contributed by atoms with Crippen molar-refractivity contribution in [3.63, 3.8) is 0 Å². The third-order valence-electron chi connectivity index (χ3n) is 4.63. The Morgan fingerprint density at radius 1 is 1.09 bits per heavy atom. The van der Waals surface area contributed by atoms with Crippen molar-refractivity contribution in [2.75, 3.05) is 7.11 Å². The molecule has 8 nitrogen and oxygen atoms in total. The topological polar surface area (TPSA) is 103 Å². The average Bonchev–Trinajstić information content (AvgIpc) is 3.50. The Hall–Kier alpha value is -4.24. The summed E-state index contributed by atoms with van der Waals surface area (Å²) in [7, 11) is 1.47. The van der Waals surface area contributed by atoms with Gasteiger partial charge in [-0.1, -0.05) is 41.6 Å². The number of ether oxygens (including phenoxy) is 2. The maximum atomic E-state index is 12.7. The number of methoxy groups -OCH3 is 1. The number of carbonyl (C=O) groups excluding carboxylic acids is 2.